The van der Waals surface area contributed by atoms with Crippen LogP contribution in [0, 0.1) is 0 Å². The van der Waals surface area contributed by atoms with Crippen molar-refractivity contribution in [3.05, 3.63) is 58.3 Å². The fourth-order valence-electron chi connectivity index (χ4n) is 4.45. The Bertz CT molecular complexity index is 1470. The molecule has 3 aliphatic heterocycles. The van der Waals surface area contributed by atoms with Crippen molar-refractivity contribution in [3.63, 3.8) is 0 Å². The van der Waals surface area contributed by atoms with E-state index in [2.05, 4.69) is 15.5 Å². The number of nitrogens with two attached hydrogens (primary N) is 1. The summed E-state index contributed by atoms with van der Waals surface area (Å²) in [5.74, 6) is -3.12. The van der Waals surface area contributed by atoms with Gasteiger partial charge in [-0.25, -0.2) is 9.78 Å². The number of carbonyl (C=O) groups excluding carboxylic acids is 3. The molecule has 2 saturated heterocycles. The number of benzene rings is 1. The molecular weight excluding hydrogens is 536 g/mol. The van der Waals surface area contributed by atoms with Crippen molar-refractivity contribution in [2.45, 2.75) is 17.8 Å². The molecule has 6 N–H and O–H groups in total. The maximum absolute atomic E-state index is 13.0. The number of nitrogens with one attached hydrogen (secondary N) is 1. The van der Waals surface area contributed by atoms with E-state index in [1.54, 1.807) is 18.2 Å². The minimum atomic E-state index is -1.35. The number of allylic oxidation sites excluding steroid dienone is 1. The Morgan fingerprint density at radius 3 is 2.68 bits per heavy atom. The van der Waals surface area contributed by atoms with Crippen molar-refractivity contribution in [2.75, 3.05) is 22.9 Å². The first-order valence-electron chi connectivity index (χ1n) is 11.2. The summed E-state index contributed by atoms with van der Waals surface area (Å²) < 4.78 is 0. The molecule has 0 aliphatic carbocycles. The van der Waals surface area contributed by atoms with Gasteiger partial charge < -0.3 is 31.4 Å². The highest BCUT2D eigenvalue weighted by Crippen LogP contribution is 2.41. The highest BCUT2D eigenvalue weighted by atomic mass is 32.2. The molecule has 3 aliphatic rings. The summed E-state index contributed by atoms with van der Waals surface area (Å²) in [4.78, 5) is 57.2. The lowest BCUT2D eigenvalue weighted by Gasteiger charge is -2.49. The Kier molecular flexibility index (Phi) is 6.54. The average molecular weight is 557 g/mol. The number of oxime groups is 1. The van der Waals surface area contributed by atoms with Gasteiger partial charge in [-0.15, -0.1) is 23.1 Å². The van der Waals surface area contributed by atoms with Crippen LogP contribution in [0.3, 0.4) is 0 Å². The largest absolute Gasteiger partial charge is 0.506 e. The molecule has 38 heavy (non-hydrogen) atoms. The van der Waals surface area contributed by atoms with Gasteiger partial charge in [0, 0.05) is 23.3 Å². The van der Waals surface area contributed by atoms with Gasteiger partial charge in [0.05, 0.1) is 5.69 Å². The number of para-hydroxylation sites is 2. The number of carbonyl (C=O) groups is 4. The Morgan fingerprint density at radius 2 is 2.03 bits per heavy atom. The Morgan fingerprint density at radius 1 is 1.26 bits per heavy atom. The molecule has 13 nitrogen and oxygen atoms in total. The third-order valence-electron chi connectivity index (χ3n) is 6.21. The van der Waals surface area contributed by atoms with Gasteiger partial charge in [0.2, 0.25) is 0 Å². The van der Waals surface area contributed by atoms with E-state index in [0.717, 1.165) is 16.2 Å². The number of nitrogen functional groups attached to an aromatic ring is 1. The second-order valence-corrected chi connectivity index (χ2v) is 10.4. The van der Waals surface area contributed by atoms with E-state index in [9.17, 15) is 34.6 Å². The zero-order valence-corrected chi connectivity index (χ0v) is 21.0. The first kappa shape index (κ1) is 25.3. The first-order valence-corrected chi connectivity index (χ1v) is 13.1. The van der Waals surface area contributed by atoms with E-state index < -0.39 is 34.9 Å². The fourth-order valence-corrected chi connectivity index (χ4v) is 6.31. The van der Waals surface area contributed by atoms with E-state index >= 15 is 0 Å². The van der Waals surface area contributed by atoms with Crippen LogP contribution in [0.25, 0.3) is 0 Å². The molecule has 0 saturated carbocycles. The van der Waals surface area contributed by atoms with Crippen LogP contribution >= 0.6 is 23.1 Å². The number of rotatable bonds is 6. The van der Waals surface area contributed by atoms with E-state index in [4.69, 9.17) is 5.73 Å². The number of amides is 3. The quantitative estimate of drug-likeness (QED) is 0.111. The summed E-state index contributed by atoms with van der Waals surface area (Å²) in [6.45, 7) is 0.309. The highest BCUT2D eigenvalue weighted by Gasteiger charge is 2.54. The minimum Gasteiger partial charge on any atom is -0.506 e. The van der Waals surface area contributed by atoms with Gasteiger partial charge in [0.1, 0.15) is 28.6 Å². The molecular formula is C23H20N6O7S2. The van der Waals surface area contributed by atoms with Crippen LogP contribution < -0.4 is 16.0 Å². The molecule has 0 radical (unpaired) electrons. The SMILES string of the molecule is Nc1nc(/C(=N/O)C(=O)N[C@@H]2C(=O)N3C(C(=O)O)=C(C=C4CCN(c5ccccc5O)C4=O)CS[C@H]23)cs1. The molecule has 2 fully saturated rings. The summed E-state index contributed by atoms with van der Waals surface area (Å²) in [5, 5.41) is 35.6. The predicted octanol–water partition coefficient (Wildman–Crippen LogP) is 0.711. The average Bonchev–Trinajstić information content (AvgIpc) is 3.48. The van der Waals surface area contributed by atoms with Gasteiger partial charge in [-0.05, 0) is 30.2 Å². The van der Waals surface area contributed by atoms with Gasteiger partial charge in [0.15, 0.2) is 10.8 Å². The maximum Gasteiger partial charge on any atom is 0.352 e. The Labute approximate surface area is 222 Å². The summed E-state index contributed by atoms with van der Waals surface area (Å²) >= 11 is 2.26. The number of nitrogens with zero attached hydrogens (tertiary/aromatic N) is 4. The number of hydrogen-bond donors (Lipinski definition) is 5. The molecule has 1 aromatic heterocycles. The third kappa shape index (κ3) is 4.24. The number of aromatic hydroxyl groups is 1. The summed E-state index contributed by atoms with van der Waals surface area (Å²) in [6.07, 6.45) is 1.81. The van der Waals surface area contributed by atoms with E-state index in [1.807, 2.05) is 0 Å². The van der Waals surface area contributed by atoms with E-state index in [1.165, 1.54) is 34.2 Å². The number of thiazole rings is 1. The smallest absolute Gasteiger partial charge is 0.352 e. The number of carboxylic acids is 1. The number of carboxylic acid groups (broad SMARTS) is 1. The topological polar surface area (TPSA) is 199 Å². The van der Waals surface area contributed by atoms with Crippen LogP contribution in [-0.4, -0.2) is 78.4 Å². The van der Waals surface area contributed by atoms with Gasteiger partial charge in [0.25, 0.3) is 17.7 Å². The molecule has 15 heteroatoms. The lowest BCUT2D eigenvalue weighted by Crippen LogP contribution is -2.71. The van der Waals surface area contributed by atoms with E-state index in [-0.39, 0.29) is 39.5 Å². The van der Waals surface area contributed by atoms with Crippen molar-refractivity contribution >= 4 is 63.3 Å². The van der Waals surface area contributed by atoms with Gasteiger partial charge in [-0.1, -0.05) is 17.3 Å². The molecule has 0 unspecified atom stereocenters. The van der Waals surface area contributed by atoms with Crippen LogP contribution in [0.15, 0.2) is 57.7 Å². The second kappa shape index (κ2) is 9.83. The molecule has 0 spiro atoms. The lowest BCUT2D eigenvalue weighted by molar-refractivity contribution is -0.150. The van der Waals surface area contributed by atoms with Crippen LogP contribution in [0.1, 0.15) is 12.1 Å². The first-order chi connectivity index (χ1) is 18.2. The highest BCUT2D eigenvalue weighted by molar-refractivity contribution is 8.00. The Balaban J connectivity index is 1.36. The molecule has 3 amide bonds. The van der Waals surface area contributed by atoms with Crippen LogP contribution in [-0.2, 0) is 19.2 Å². The molecule has 4 heterocycles. The van der Waals surface area contributed by atoms with Crippen LogP contribution in [0.2, 0.25) is 0 Å². The minimum absolute atomic E-state index is 0.0338. The number of aromatic nitrogens is 1. The second-order valence-electron chi connectivity index (χ2n) is 8.42. The molecule has 1 aromatic carbocycles. The molecule has 2 aromatic rings. The molecule has 2 atom stereocenters. The summed E-state index contributed by atoms with van der Waals surface area (Å²) in [6, 6.07) is 5.36. The number of phenols is 1. The number of aliphatic carboxylic acids is 1. The van der Waals surface area contributed by atoms with Crippen molar-refractivity contribution in [1.82, 2.24) is 15.2 Å². The summed E-state index contributed by atoms with van der Waals surface area (Å²) in [5.41, 5.74) is 5.89. The maximum atomic E-state index is 13.0. The number of phenolic OH excluding ortho intramolecular Hbond substituents is 1. The van der Waals surface area contributed by atoms with Crippen molar-refractivity contribution in [3.8, 4) is 5.75 Å². The van der Waals surface area contributed by atoms with Crippen LogP contribution in [0.5, 0.6) is 5.75 Å². The van der Waals surface area contributed by atoms with Gasteiger partial charge in [-0.2, -0.15) is 0 Å². The normalized spacial score (nSPS) is 22.5. The number of anilines is 2. The molecule has 196 valence electrons. The number of β-lactam (4-membered cyclic amide) rings is 1. The Hall–Kier alpha value is -4.37. The summed E-state index contributed by atoms with van der Waals surface area (Å²) in [7, 11) is 0. The predicted molar refractivity (Wildman–Crippen MR) is 138 cm³/mol. The van der Waals surface area contributed by atoms with Crippen molar-refractivity contribution < 1.29 is 34.6 Å². The third-order valence-corrected chi connectivity index (χ3v) is 8.19. The molecule has 5 rings (SSSR count). The van der Waals surface area contributed by atoms with E-state index in [0.29, 0.717) is 24.2 Å². The standard InChI is InChI=1S/C23H20N6O7S2/c24-23-25-12(9-38-23)15(27-36)18(31)26-16-20(33)29-17(22(34)35)11(8-37-21(16)29)7-10-5-6-28(19(10)32)13-3-1-2-4-14(13)30/h1-4,7,9,16,21,30,36H,5-6,8H2,(H2,24,25)(H,26,31)(H,34,35)/b10-7?,27-15-/t16-,21-/m1/s1. The van der Waals surface area contributed by atoms with Gasteiger partial charge in [-0.3, -0.25) is 19.3 Å². The lowest BCUT2D eigenvalue weighted by atomic mass is 10.0. The zero-order valence-electron chi connectivity index (χ0n) is 19.4. The van der Waals surface area contributed by atoms with Crippen molar-refractivity contribution in [2.24, 2.45) is 5.16 Å². The monoisotopic (exact) mass is 556 g/mol. The zero-order chi connectivity index (χ0) is 27.1. The molecule has 0 bridgehead atoms. The van der Waals surface area contributed by atoms with Crippen LogP contribution in [0.4, 0.5) is 10.8 Å². The number of thioether (sulfide) groups is 1. The fraction of sp³-hybridized carbons (Fsp3) is 0.217. The number of fused-ring (bicyclic) bond motifs is 1. The van der Waals surface area contributed by atoms with Crippen molar-refractivity contribution in [1.29, 1.82) is 0 Å². The van der Waals surface area contributed by atoms with Gasteiger partial charge >= 0.3 is 5.97 Å². The number of hydrogen-bond acceptors (Lipinski definition) is 11.